The Kier molecular flexibility index (Phi) is 4.03. The van der Waals surface area contributed by atoms with Crippen molar-refractivity contribution >= 4 is 0 Å². The van der Waals surface area contributed by atoms with Crippen LogP contribution in [-0.4, -0.2) is 24.0 Å². The summed E-state index contributed by atoms with van der Waals surface area (Å²) in [5, 5.41) is 0. The van der Waals surface area contributed by atoms with Gasteiger partial charge in [0.25, 0.3) is 0 Å². The second-order valence-corrected chi connectivity index (χ2v) is 6.07. The average molecular weight is 280 g/mol. The van der Waals surface area contributed by atoms with Crippen molar-refractivity contribution in [1.29, 1.82) is 0 Å². The molecule has 1 saturated heterocycles. The minimum absolute atomic E-state index is 0.00981. The fraction of sp³-hybridized carbons (Fsp3) is 0.625. The molecule has 0 aromatic heterocycles. The summed E-state index contributed by atoms with van der Waals surface area (Å²) >= 11 is 0. The van der Waals surface area contributed by atoms with Gasteiger partial charge in [-0.15, -0.1) is 0 Å². The van der Waals surface area contributed by atoms with Crippen molar-refractivity contribution in [2.24, 2.45) is 11.7 Å². The third kappa shape index (κ3) is 2.72. The molecule has 1 heterocycles. The Labute approximate surface area is 118 Å². The predicted octanol–water partition coefficient (Wildman–Crippen LogP) is 3.23. The van der Waals surface area contributed by atoms with Crippen LogP contribution < -0.4 is 5.73 Å². The van der Waals surface area contributed by atoms with Crippen LogP contribution in [0.15, 0.2) is 18.2 Å². The van der Waals surface area contributed by atoms with E-state index in [0.29, 0.717) is 18.2 Å². The van der Waals surface area contributed by atoms with Gasteiger partial charge < -0.3 is 5.73 Å². The third-order valence-electron chi connectivity index (χ3n) is 4.64. The molecule has 1 saturated carbocycles. The first-order valence-electron chi connectivity index (χ1n) is 7.61. The highest BCUT2D eigenvalue weighted by molar-refractivity contribution is 5.24. The SMILES string of the molecule is NCC1CCCCN(C2CC2)C1c1ccc(F)cc1F. The van der Waals surface area contributed by atoms with Crippen LogP contribution in [0.3, 0.4) is 0 Å². The minimum atomic E-state index is -0.512. The van der Waals surface area contributed by atoms with Gasteiger partial charge in [0.1, 0.15) is 11.6 Å². The molecule has 0 amide bonds. The fourth-order valence-electron chi connectivity index (χ4n) is 3.51. The van der Waals surface area contributed by atoms with Gasteiger partial charge in [0.15, 0.2) is 0 Å². The van der Waals surface area contributed by atoms with Crippen LogP contribution in [0.5, 0.6) is 0 Å². The second kappa shape index (κ2) is 5.78. The monoisotopic (exact) mass is 280 g/mol. The third-order valence-corrected chi connectivity index (χ3v) is 4.64. The Balaban J connectivity index is 1.98. The molecule has 2 unspecified atom stereocenters. The van der Waals surface area contributed by atoms with Crippen LogP contribution >= 0.6 is 0 Å². The number of halogens is 2. The van der Waals surface area contributed by atoms with Crippen molar-refractivity contribution in [3.8, 4) is 0 Å². The molecule has 4 heteroatoms. The Morgan fingerprint density at radius 1 is 1.15 bits per heavy atom. The molecule has 2 N–H and O–H groups in total. The molecule has 110 valence electrons. The van der Waals surface area contributed by atoms with E-state index in [4.69, 9.17) is 5.73 Å². The average Bonchev–Trinajstić information content (AvgIpc) is 3.24. The van der Waals surface area contributed by atoms with Gasteiger partial charge in [-0.1, -0.05) is 12.5 Å². The zero-order valence-corrected chi connectivity index (χ0v) is 11.7. The molecule has 3 rings (SSSR count). The highest BCUT2D eigenvalue weighted by atomic mass is 19.1. The Bertz CT molecular complexity index is 474. The highest BCUT2D eigenvalue weighted by Gasteiger charge is 2.39. The molecule has 20 heavy (non-hydrogen) atoms. The van der Waals surface area contributed by atoms with Crippen LogP contribution in [0.1, 0.15) is 43.7 Å². The molecule has 2 fully saturated rings. The lowest BCUT2D eigenvalue weighted by atomic mass is 9.88. The number of benzene rings is 1. The van der Waals surface area contributed by atoms with Crippen molar-refractivity contribution in [3.63, 3.8) is 0 Å². The zero-order valence-electron chi connectivity index (χ0n) is 11.7. The lowest BCUT2D eigenvalue weighted by Crippen LogP contribution is -2.37. The first kappa shape index (κ1) is 14.0. The number of hydrogen-bond acceptors (Lipinski definition) is 2. The molecule has 2 nitrogen and oxygen atoms in total. The molecule has 2 aliphatic rings. The summed E-state index contributed by atoms with van der Waals surface area (Å²) in [6, 6.07) is 4.55. The summed E-state index contributed by atoms with van der Waals surface area (Å²) in [7, 11) is 0. The largest absolute Gasteiger partial charge is 0.330 e. The van der Waals surface area contributed by atoms with Gasteiger partial charge >= 0.3 is 0 Å². The summed E-state index contributed by atoms with van der Waals surface area (Å²) in [4.78, 5) is 2.42. The van der Waals surface area contributed by atoms with E-state index in [1.807, 2.05) is 0 Å². The maximum absolute atomic E-state index is 14.2. The van der Waals surface area contributed by atoms with Gasteiger partial charge in [-0.3, -0.25) is 4.90 Å². The Morgan fingerprint density at radius 3 is 2.60 bits per heavy atom. The molecule has 1 aliphatic carbocycles. The summed E-state index contributed by atoms with van der Waals surface area (Å²) in [5.74, 6) is -0.679. The van der Waals surface area contributed by atoms with Crippen molar-refractivity contribution in [2.45, 2.75) is 44.2 Å². The molecular formula is C16H22F2N2. The molecule has 0 radical (unpaired) electrons. The number of hydrogen-bond donors (Lipinski definition) is 1. The fourth-order valence-corrected chi connectivity index (χ4v) is 3.51. The number of likely N-dealkylation sites (tertiary alicyclic amines) is 1. The zero-order chi connectivity index (χ0) is 14.1. The van der Waals surface area contributed by atoms with Crippen LogP contribution in [0.25, 0.3) is 0 Å². The minimum Gasteiger partial charge on any atom is -0.330 e. The molecule has 0 bridgehead atoms. The lowest BCUT2D eigenvalue weighted by Gasteiger charge is -2.35. The standard InChI is InChI=1S/C16H22F2N2/c17-12-4-7-14(15(18)9-12)16-11(10-19)3-1-2-8-20(16)13-5-6-13/h4,7,9,11,13,16H,1-3,5-6,8,10,19H2. The van der Waals surface area contributed by atoms with Gasteiger partial charge in [-0.2, -0.15) is 0 Å². The quantitative estimate of drug-likeness (QED) is 0.921. The summed E-state index contributed by atoms with van der Waals surface area (Å²) in [6.07, 6.45) is 5.70. The van der Waals surface area contributed by atoms with Crippen LogP contribution in [-0.2, 0) is 0 Å². The van der Waals surface area contributed by atoms with E-state index in [2.05, 4.69) is 4.90 Å². The first-order valence-corrected chi connectivity index (χ1v) is 7.61. The van der Waals surface area contributed by atoms with Crippen molar-refractivity contribution in [2.75, 3.05) is 13.1 Å². The van der Waals surface area contributed by atoms with Crippen LogP contribution in [0.4, 0.5) is 8.78 Å². The smallest absolute Gasteiger partial charge is 0.130 e. The van der Waals surface area contributed by atoms with Gasteiger partial charge in [0.05, 0.1) is 0 Å². The van der Waals surface area contributed by atoms with Gasteiger partial charge in [0, 0.05) is 23.7 Å². The maximum Gasteiger partial charge on any atom is 0.130 e. The molecule has 1 aliphatic heterocycles. The summed E-state index contributed by atoms with van der Waals surface area (Å²) < 4.78 is 27.4. The van der Waals surface area contributed by atoms with Gasteiger partial charge in [-0.25, -0.2) is 8.78 Å². The normalized spacial score (nSPS) is 28.4. The van der Waals surface area contributed by atoms with Crippen molar-refractivity contribution in [1.82, 2.24) is 4.90 Å². The number of rotatable bonds is 3. The van der Waals surface area contributed by atoms with Crippen LogP contribution in [0.2, 0.25) is 0 Å². The van der Waals surface area contributed by atoms with Crippen molar-refractivity contribution in [3.05, 3.63) is 35.4 Å². The molecule has 1 aromatic carbocycles. The van der Waals surface area contributed by atoms with E-state index in [1.165, 1.54) is 18.9 Å². The lowest BCUT2D eigenvalue weighted by molar-refractivity contribution is 0.145. The predicted molar refractivity (Wildman–Crippen MR) is 75.2 cm³/mol. The van der Waals surface area contributed by atoms with E-state index in [9.17, 15) is 8.78 Å². The maximum atomic E-state index is 14.2. The first-order chi connectivity index (χ1) is 9.70. The molecule has 2 atom stereocenters. The topological polar surface area (TPSA) is 29.3 Å². The van der Waals surface area contributed by atoms with E-state index in [-0.39, 0.29) is 12.0 Å². The van der Waals surface area contributed by atoms with E-state index >= 15 is 0 Å². The second-order valence-electron chi connectivity index (χ2n) is 6.07. The van der Waals surface area contributed by atoms with Crippen molar-refractivity contribution < 1.29 is 8.78 Å². The highest BCUT2D eigenvalue weighted by Crippen LogP contribution is 2.42. The summed E-state index contributed by atoms with van der Waals surface area (Å²) in [5.41, 5.74) is 6.56. The molecular weight excluding hydrogens is 258 g/mol. The summed E-state index contributed by atoms with van der Waals surface area (Å²) in [6.45, 7) is 1.56. The van der Waals surface area contributed by atoms with Gasteiger partial charge in [-0.05, 0) is 50.8 Å². The van der Waals surface area contributed by atoms with Gasteiger partial charge in [0.2, 0.25) is 0 Å². The molecule has 1 aromatic rings. The number of nitrogens with two attached hydrogens (primary N) is 1. The van der Waals surface area contributed by atoms with E-state index < -0.39 is 11.6 Å². The van der Waals surface area contributed by atoms with Crippen LogP contribution in [0, 0.1) is 17.6 Å². The molecule has 0 spiro atoms. The van der Waals surface area contributed by atoms with E-state index in [1.54, 1.807) is 6.07 Å². The Morgan fingerprint density at radius 2 is 1.95 bits per heavy atom. The van der Waals surface area contributed by atoms with E-state index in [0.717, 1.165) is 31.9 Å². The number of nitrogens with zero attached hydrogens (tertiary/aromatic N) is 1. The Hall–Kier alpha value is -1.00.